The molecule has 1 saturated carbocycles. The van der Waals surface area contributed by atoms with Crippen LogP contribution in [0.15, 0.2) is 0 Å². The molecule has 0 aliphatic heterocycles. The summed E-state index contributed by atoms with van der Waals surface area (Å²) in [5, 5.41) is 2.95. The molecule has 0 unspecified atom stereocenters. The summed E-state index contributed by atoms with van der Waals surface area (Å²) in [6.45, 7) is 6.04. The summed E-state index contributed by atoms with van der Waals surface area (Å²) in [7, 11) is 0. The van der Waals surface area contributed by atoms with E-state index in [0.29, 0.717) is 5.92 Å². The van der Waals surface area contributed by atoms with Crippen LogP contribution in [0.25, 0.3) is 0 Å². The van der Waals surface area contributed by atoms with Crippen molar-refractivity contribution >= 4 is 5.91 Å². The first kappa shape index (κ1) is 8.57. The van der Waals surface area contributed by atoms with Crippen molar-refractivity contribution in [1.29, 1.82) is 0 Å². The smallest absolute Gasteiger partial charge is 0.220 e. The fourth-order valence-corrected chi connectivity index (χ4v) is 1.05. The Morgan fingerprint density at radius 2 is 2.00 bits per heavy atom. The Kier molecular flexibility index (Phi) is 2.21. The van der Waals surface area contributed by atoms with Gasteiger partial charge >= 0.3 is 0 Å². The third-order valence-corrected chi connectivity index (χ3v) is 1.69. The van der Waals surface area contributed by atoms with Crippen LogP contribution in [0.2, 0.25) is 0 Å². The molecule has 0 aromatic rings. The van der Waals surface area contributed by atoms with Gasteiger partial charge in [0.05, 0.1) is 0 Å². The van der Waals surface area contributed by atoms with E-state index in [0.717, 1.165) is 6.42 Å². The summed E-state index contributed by atoms with van der Waals surface area (Å²) in [6, 6.07) is 0. The number of hydrogen-bond donors (Lipinski definition) is 1. The Morgan fingerprint density at radius 1 is 1.45 bits per heavy atom. The van der Waals surface area contributed by atoms with Crippen LogP contribution < -0.4 is 5.32 Å². The molecular formula is C9H17NO. The maximum Gasteiger partial charge on any atom is 0.220 e. The zero-order valence-corrected chi connectivity index (χ0v) is 7.61. The zero-order valence-electron chi connectivity index (χ0n) is 7.61. The van der Waals surface area contributed by atoms with Gasteiger partial charge in [-0.25, -0.2) is 0 Å². The molecule has 2 nitrogen and oxygen atoms in total. The lowest BCUT2D eigenvalue weighted by molar-refractivity contribution is -0.122. The number of rotatable bonds is 2. The molecule has 1 aliphatic rings. The van der Waals surface area contributed by atoms with Gasteiger partial charge in [0, 0.05) is 12.0 Å². The number of carbonyl (C=O) groups is 1. The maximum atomic E-state index is 11.2. The van der Waals surface area contributed by atoms with Crippen molar-refractivity contribution in [3.63, 3.8) is 0 Å². The first-order valence-electron chi connectivity index (χ1n) is 4.28. The van der Waals surface area contributed by atoms with Crippen LogP contribution in [0.4, 0.5) is 0 Å². The highest BCUT2D eigenvalue weighted by molar-refractivity contribution is 5.77. The second-order valence-corrected chi connectivity index (χ2v) is 4.45. The van der Waals surface area contributed by atoms with Gasteiger partial charge in [0.25, 0.3) is 0 Å². The predicted octanol–water partition coefficient (Wildman–Crippen LogP) is 1.70. The minimum atomic E-state index is -0.0635. The van der Waals surface area contributed by atoms with Gasteiger partial charge in [-0.15, -0.1) is 0 Å². The van der Waals surface area contributed by atoms with E-state index in [9.17, 15) is 4.79 Å². The highest BCUT2D eigenvalue weighted by Crippen LogP contribution is 2.32. The third-order valence-electron chi connectivity index (χ3n) is 1.69. The van der Waals surface area contributed by atoms with Gasteiger partial charge in [-0.1, -0.05) is 0 Å². The summed E-state index contributed by atoms with van der Waals surface area (Å²) >= 11 is 0. The predicted molar refractivity (Wildman–Crippen MR) is 45.2 cm³/mol. The normalized spacial score (nSPS) is 18.1. The van der Waals surface area contributed by atoms with Gasteiger partial charge in [-0.3, -0.25) is 4.79 Å². The Morgan fingerprint density at radius 3 is 2.36 bits per heavy atom. The highest BCUT2D eigenvalue weighted by atomic mass is 16.1. The Hall–Kier alpha value is -0.530. The summed E-state index contributed by atoms with van der Waals surface area (Å²) in [5.41, 5.74) is -0.0635. The lowest BCUT2D eigenvalue weighted by Gasteiger charge is -2.20. The lowest BCUT2D eigenvalue weighted by Crippen LogP contribution is -2.40. The Balaban J connectivity index is 2.19. The largest absolute Gasteiger partial charge is 0.352 e. The number of amides is 1. The third kappa shape index (κ3) is 4.02. The number of hydrogen-bond acceptors (Lipinski definition) is 1. The fourth-order valence-electron chi connectivity index (χ4n) is 1.05. The van der Waals surface area contributed by atoms with Crippen molar-refractivity contribution in [2.45, 2.75) is 45.6 Å². The van der Waals surface area contributed by atoms with E-state index in [4.69, 9.17) is 0 Å². The van der Waals surface area contributed by atoms with Gasteiger partial charge in [-0.2, -0.15) is 0 Å². The van der Waals surface area contributed by atoms with Gasteiger partial charge in [0.1, 0.15) is 0 Å². The Labute approximate surface area is 68.4 Å². The molecule has 1 fully saturated rings. The summed E-state index contributed by atoms with van der Waals surface area (Å²) in [6.07, 6.45) is 3.23. The molecule has 0 bridgehead atoms. The van der Waals surface area contributed by atoms with Gasteiger partial charge in [0.15, 0.2) is 0 Å². The molecule has 64 valence electrons. The Bertz CT molecular complexity index is 153. The van der Waals surface area contributed by atoms with Crippen molar-refractivity contribution in [3.8, 4) is 0 Å². The first-order valence-corrected chi connectivity index (χ1v) is 4.28. The van der Waals surface area contributed by atoms with Crippen LogP contribution in [0.1, 0.15) is 40.0 Å². The van der Waals surface area contributed by atoms with Crippen LogP contribution in [-0.2, 0) is 4.79 Å². The van der Waals surface area contributed by atoms with Gasteiger partial charge < -0.3 is 5.32 Å². The SMILES string of the molecule is CC(C)(C)NC(=O)CC1CC1. The molecule has 1 rings (SSSR count). The number of nitrogens with one attached hydrogen (secondary N) is 1. The van der Waals surface area contributed by atoms with E-state index in [1.165, 1.54) is 12.8 Å². The van der Waals surface area contributed by atoms with E-state index < -0.39 is 0 Å². The first-order chi connectivity index (χ1) is 4.97. The molecule has 0 aromatic carbocycles. The highest BCUT2D eigenvalue weighted by Gasteiger charge is 2.25. The topological polar surface area (TPSA) is 29.1 Å². The van der Waals surface area contributed by atoms with Crippen molar-refractivity contribution in [1.82, 2.24) is 5.32 Å². The maximum absolute atomic E-state index is 11.2. The summed E-state index contributed by atoms with van der Waals surface area (Å²) in [4.78, 5) is 11.2. The van der Waals surface area contributed by atoms with Crippen molar-refractivity contribution < 1.29 is 4.79 Å². The molecule has 0 radical (unpaired) electrons. The standard InChI is InChI=1S/C9H17NO/c1-9(2,3)10-8(11)6-7-4-5-7/h7H,4-6H2,1-3H3,(H,10,11). The van der Waals surface area contributed by atoms with Gasteiger partial charge in [0.2, 0.25) is 5.91 Å². The minimum absolute atomic E-state index is 0.0635. The molecule has 0 atom stereocenters. The average molecular weight is 155 g/mol. The fraction of sp³-hybridized carbons (Fsp3) is 0.889. The van der Waals surface area contributed by atoms with Crippen molar-refractivity contribution in [3.05, 3.63) is 0 Å². The van der Waals surface area contributed by atoms with Crippen LogP contribution in [0, 0.1) is 5.92 Å². The number of carbonyl (C=O) groups excluding carboxylic acids is 1. The van der Waals surface area contributed by atoms with Gasteiger partial charge in [-0.05, 0) is 39.5 Å². The van der Waals surface area contributed by atoms with E-state index >= 15 is 0 Å². The summed E-state index contributed by atoms with van der Waals surface area (Å²) < 4.78 is 0. The van der Waals surface area contributed by atoms with Crippen LogP contribution in [-0.4, -0.2) is 11.4 Å². The van der Waals surface area contributed by atoms with Crippen molar-refractivity contribution in [2.75, 3.05) is 0 Å². The second kappa shape index (κ2) is 2.84. The van der Waals surface area contributed by atoms with Crippen LogP contribution >= 0.6 is 0 Å². The second-order valence-electron chi connectivity index (χ2n) is 4.45. The summed E-state index contributed by atoms with van der Waals surface area (Å²) in [5.74, 6) is 0.900. The minimum Gasteiger partial charge on any atom is -0.352 e. The molecule has 0 saturated heterocycles. The average Bonchev–Trinajstić information content (AvgIpc) is 2.42. The van der Waals surface area contributed by atoms with E-state index in [1.807, 2.05) is 20.8 Å². The van der Waals surface area contributed by atoms with Crippen LogP contribution in [0.3, 0.4) is 0 Å². The van der Waals surface area contributed by atoms with E-state index in [1.54, 1.807) is 0 Å². The molecule has 1 aliphatic carbocycles. The van der Waals surface area contributed by atoms with Crippen LogP contribution in [0.5, 0.6) is 0 Å². The van der Waals surface area contributed by atoms with E-state index in [-0.39, 0.29) is 11.4 Å². The monoisotopic (exact) mass is 155 g/mol. The molecule has 1 N–H and O–H groups in total. The molecule has 0 spiro atoms. The van der Waals surface area contributed by atoms with Crippen molar-refractivity contribution in [2.24, 2.45) is 5.92 Å². The molecule has 2 heteroatoms. The molecule has 0 aromatic heterocycles. The quantitative estimate of drug-likeness (QED) is 0.646. The molecular weight excluding hydrogens is 138 g/mol. The molecule has 11 heavy (non-hydrogen) atoms. The lowest BCUT2D eigenvalue weighted by atomic mass is 10.1. The molecule has 0 heterocycles. The molecule has 1 amide bonds. The zero-order chi connectivity index (χ0) is 8.48. The van der Waals surface area contributed by atoms with E-state index in [2.05, 4.69) is 5.32 Å².